The average Bonchev–Trinajstić information content (AvgIpc) is 3.22. The Balaban J connectivity index is 1.56. The number of nitrogens with one attached hydrogen (secondary N) is 2. The molecule has 2 aromatic heterocycles. The molecule has 4 rings (SSSR count). The van der Waals surface area contributed by atoms with Gasteiger partial charge in [0.25, 0.3) is 0 Å². The molecule has 3 N–H and O–H groups in total. The number of benzene rings is 1. The predicted molar refractivity (Wildman–Crippen MR) is 103 cm³/mol. The Bertz CT molecular complexity index is 924. The Hall–Kier alpha value is -3.26. The number of hydrogen-bond donors (Lipinski definition) is 3. The third-order valence-electron chi connectivity index (χ3n) is 4.63. The minimum Gasteiger partial charge on any atom is -0.507 e. The van der Waals surface area contributed by atoms with Crippen LogP contribution in [0.5, 0.6) is 5.75 Å². The Morgan fingerprint density at radius 1 is 1.22 bits per heavy atom. The Morgan fingerprint density at radius 2 is 2.11 bits per heavy atom. The van der Waals surface area contributed by atoms with Crippen LogP contribution in [0.1, 0.15) is 6.92 Å². The molecule has 1 aliphatic rings. The summed E-state index contributed by atoms with van der Waals surface area (Å²) < 4.78 is 0. The molecule has 3 aromatic rings. The number of nitrogens with zero attached hydrogens (tertiary/aromatic N) is 5. The number of aromatic amines is 1. The van der Waals surface area contributed by atoms with Gasteiger partial charge in [-0.3, -0.25) is 5.10 Å². The summed E-state index contributed by atoms with van der Waals surface area (Å²) >= 11 is 0. The van der Waals surface area contributed by atoms with E-state index in [1.807, 2.05) is 18.2 Å². The van der Waals surface area contributed by atoms with Crippen molar-refractivity contribution in [3.63, 3.8) is 0 Å². The van der Waals surface area contributed by atoms with Gasteiger partial charge in [0, 0.05) is 42.5 Å². The van der Waals surface area contributed by atoms with Gasteiger partial charge in [-0.05, 0) is 24.6 Å². The molecular formula is C19H21N7O. The number of aromatic hydroxyl groups is 1. The van der Waals surface area contributed by atoms with Gasteiger partial charge < -0.3 is 15.3 Å². The van der Waals surface area contributed by atoms with Crippen molar-refractivity contribution >= 4 is 5.95 Å². The summed E-state index contributed by atoms with van der Waals surface area (Å²) in [5.41, 5.74) is 2.89. The lowest BCUT2D eigenvalue weighted by Gasteiger charge is -2.36. The third kappa shape index (κ3) is 3.52. The van der Waals surface area contributed by atoms with E-state index in [4.69, 9.17) is 0 Å². The van der Waals surface area contributed by atoms with Crippen LogP contribution >= 0.6 is 0 Å². The molecule has 0 aliphatic carbocycles. The summed E-state index contributed by atoms with van der Waals surface area (Å²) in [5.74, 6) is 0.702. The van der Waals surface area contributed by atoms with E-state index < -0.39 is 0 Å². The fourth-order valence-electron chi connectivity index (χ4n) is 3.29. The highest BCUT2D eigenvalue weighted by atomic mass is 16.3. The molecule has 3 heterocycles. The Morgan fingerprint density at radius 3 is 2.78 bits per heavy atom. The highest BCUT2D eigenvalue weighted by Gasteiger charge is 2.24. The largest absolute Gasteiger partial charge is 0.507 e. The van der Waals surface area contributed by atoms with Crippen LogP contribution in [0.15, 0.2) is 49.4 Å². The molecule has 1 fully saturated rings. The van der Waals surface area contributed by atoms with Gasteiger partial charge in [-0.2, -0.15) is 5.10 Å². The molecule has 138 valence electrons. The molecule has 8 nitrogen and oxygen atoms in total. The number of piperazine rings is 1. The number of rotatable bonds is 4. The Labute approximate surface area is 157 Å². The Kier molecular flexibility index (Phi) is 4.55. The van der Waals surface area contributed by atoms with Crippen molar-refractivity contribution in [2.75, 3.05) is 18.0 Å². The summed E-state index contributed by atoms with van der Waals surface area (Å²) in [5, 5.41) is 29.1. The summed E-state index contributed by atoms with van der Waals surface area (Å²) in [7, 11) is 0. The van der Waals surface area contributed by atoms with Crippen molar-refractivity contribution in [3.05, 3.63) is 49.4 Å². The topological polar surface area (TPSA) is 103 Å². The van der Waals surface area contributed by atoms with Crippen LogP contribution in [0.2, 0.25) is 0 Å². The van der Waals surface area contributed by atoms with Gasteiger partial charge in [0.05, 0.1) is 12.4 Å². The third-order valence-corrected chi connectivity index (χ3v) is 4.63. The maximum atomic E-state index is 10.4. The lowest BCUT2D eigenvalue weighted by atomic mass is 10.0. The lowest BCUT2D eigenvalue weighted by Crippen LogP contribution is -2.55. The zero-order valence-electron chi connectivity index (χ0n) is 15.0. The first-order valence-electron chi connectivity index (χ1n) is 8.80. The maximum Gasteiger partial charge on any atom is 0.245 e. The molecule has 8 heteroatoms. The highest BCUT2D eigenvalue weighted by Crippen LogP contribution is 2.31. The molecule has 0 bridgehead atoms. The van der Waals surface area contributed by atoms with E-state index in [2.05, 4.69) is 49.1 Å². The molecule has 0 spiro atoms. The molecule has 1 aromatic carbocycles. The molecule has 0 unspecified atom stereocenters. The molecule has 2 atom stereocenters. The predicted octanol–water partition coefficient (Wildman–Crippen LogP) is 1.99. The number of hydrogen-bond acceptors (Lipinski definition) is 7. The van der Waals surface area contributed by atoms with Crippen molar-refractivity contribution in [2.24, 2.45) is 0 Å². The molecule has 0 amide bonds. The van der Waals surface area contributed by atoms with Crippen molar-refractivity contribution in [1.82, 2.24) is 30.7 Å². The van der Waals surface area contributed by atoms with Gasteiger partial charge in [0.15, 0.2) is 0 Å². The average molecular weight is 363 g/mol. The van der Waals surface area contributed by atoms with Gasteiger partial charge in [-0.25, -0.2) is 4.98 Å². The second-order valence-corrected chi connectivity index (χ2v) is 6.68. The molecule has 27 heavy (non-hydrogen) atoms. The summed E-state index contributed by atoms with van der Waals surface area (Å²) in [6.07, 6.45) is 7.01. The zero-order chi connectivity index (χ0) is 18.8. The van der Waals surface area contributed by atoms with Crippen LogP contribution in [0.3, 0.4) is 0 Å². The maximum absolute atomic E-state index is 10.4. The molecular weight excluding hydrogens is 342 g/mol. The van der Waals surface area contributed by atoms with E-state index >= 15 is 0 Å². The lowest BCUT2D eigenvalue weighted by molar-refractivity contribution is 0.426. The van der Waals surface area contributed by atoms with E-state index in [-0.39, 0.29) is 11.8 Å². The van der Waals surface area contributed by atoms with E-state index in [0.717, 1.165) is 24.2 Å². The standard InChI is InChI=1S/C19H21N7O/c1-3-15-11-26(10-12(2)23-15)19-20-9-17(24-25-19)16-5-4-13(6-18(16)27)14-7-21-22-8-14/h3-9,12,15,23,27H,1,10-11H2,2H3,(H,21,22)/t12-,15+/m1/s1. The van der Waals surface area contributed by atoms with Crippen LogP contribution in [0.4, 0.5) is 5.95 Å². The second kappa shape index (κ2) is 7.16. The quantitative estimate of drug-likeness (QED) is 0.609. The number of phenolic OH excluding ortho intramolecular Hbond substituents is 1. The minimum absolute atomic E-state index is 0.125. The number of aromatic nitrogens is 5. The summed E-state index contributed by atoms with van der Waals surface area (Å²) in [6, 6.07) is 5.90. The minimum atomic E-state index is 0.125. The monoisotopic (exact) mass is 363 g/mol. The van der Waals surface area contributed by atoms with Crippen LogP contribution < -0.4 is 10.2 Å². The molecule has 0 radical (unpaired) electrons. The zero-order valence-corrected chi connectivity index (χ0v) is 15.0. The SMILES string of the molecule is C=C[C@H]1CN(c2ncc(-c3ccc(-c4cn[nH]c4)cc3O)nn2)C[C@@H](C)N1. The summed E-state index contributed by atoms with van der Waals surface area (Å²) in [4.78, 5) is 6.55. The van der Waals surface area contributed by atoms with Gasteiger partial charge >= 0.3 is 0 Å². The molecule has 0 saturated carbocycles. The molecule has 1 aliphatic heterocycles. The van der Waals surface area contributed by atoms with E-state index in [0.29, 0.717) is 23.2 Å². The first-order chi connectivity index (χ1) is 13.1. The van der Waals surface area contributed by atoms with Gasteiger partial charge in [-0.15, -0.1) is 16.8 Å². The van der Waals surface area contributed by atoms with E-state index in [1.165, 1.54) is 0 Å². The molecule has 1 saturated heterocycles. The van der Waals surface area contributed by atoms with Crippen LogP contribution in [-0.2, 0) is 0 Å². The van der Waals surface area contributed by atoms with E-state index in [9.17, 15) is 5.11 Å². The van der Waals surface area contributed by atoms with Crippen LogP contribution in [-0.4, -0.2) is 55.7 Å². The van der Waals surface area contributed by atoms with Gasteiger partial charge in [0.2, 0.25) is 5.95 Å². The highest BCUT2D eigenvalue weighted by molar-refractivity contribution is 5.73. The van der Waals surface area contributed by atoms with Crippen molar-refractivity contribution in [3.8, 4) is 28.1 Å². The summed E-state index contributed by atoms with van der Waals surface area (Å²) in [6.45, 7) is 7.52. The normalized spacial score (nSPS) is 19.8. The second-order valence-electron chi connectivity index (χ2n) is 6.68. The van der Waals surface area contributed by atoms with Crippen LogP contribution in [0.25, 0.3) is 22.4 Å². The number of anilines is 1. The number of phenols is 1. The van der Waals surface area contributed by atoms with Crippen molar-refractivity contribution in [1.29, 1.82) is 0 Å². The first kappa shape index (κ1) is 17.2. The van der Waals surface area contributed by atoms with Crippen molar-refractivity contribution in [2.45, 2.75) is 19.0 Å². The van der Waals surface area contributed by atoms with Gasteiger partial charge in [0.1, 0.15) is 11.4 Å². The van der Waals surface area contributed by atoms with Crippen molar-refractivity contribution < 1.29 is 5.11 Å². The van der Waals surface area contributed by atoms with Gasteiger partial charge in [-0.1, -0.05) is 12.1 Å². The van der Waals surface area contributed by atoms with Crippen LogP contribution in [0, 0.1) is 0 Å². The fourth-order valence-corrected chi connectivity index (χ4v) is 3.29. The number of H-pyrrole nitrogens is 1. The fraction of sp³-hybridized carbons (Fsp3) is 0.263. The smallest absolute Gasteiger partial charge is 0.245 e. The first-order valence-corrected chi connectivity index (χ1v) is 8.80. The van der Waals surface area contributed by atoms with E-state index in [1.54, 1.807) is 24.7 Å².